The van der Waals surface area contributed by atoms with Gasteiger partial charge in [-0.05, 0) is 48.2 Å². The third-order valence-corrected chi connectivity index (χ3v) is 4.59. The Kier molecular flexibility index (Phi) is 4.08. The summed E-state index contributed by atoms with van der Waals surface area (Å²) in [5.74, 6) is 1.30. The van der Waals surface area contributed by atoms with Crippen LogP contribution in [0.25, 0.3) is 10.2 Å². The Morgan fingerprint density at radius 1 is 1.14 bits per heavy atom. The van der Waals surface area contributed by atoms with E-state index in [-0.39, 0.29) is 5.28 Å². The van der Waals surface area contributed by atoms with E-state index in [1.165, 1.54) is 10.4 Å². The fourth-order valence-electron chi connectivity index (χ4n) is 2.11. The number of ether oxygens (including phenoxy) is 1. The van der Waals surface area contributed by atoms with Gasteiger partial charge in [-0.1, -0.05) is 26.0 Å². The smallest absolute Gasteiger partial charge is 0.232 e. The molecule has 0 N–H and O–H groups in total. The molecule has 0 saturated heterocycles. The Balaban J connectivity index is 2.04. The van der Waals surface area contributed by atoms with Gasteiger partial charge >= 0.3 is 0 Å². The maximum Gasteiger partial charge on any atom is 0.232 e. The second kappa shape index (κ2) is 6.00. The first kappa shape index (κ1) is 14.3. The lowest BCUT2D eigenvalue weighted by atomic mass is 10.2. The molecule has 0 radical (unpaired) electrons. The van der Waals surface area contributed by atoms with Crippen molar-refractivity contribution >= 4 is 33.2 Å². The van der Waals surface area contributed by atoms with Crippen LogP contribution in [0, 0.1) is 0 Å². The van der Waals surface area contributed by atoms with Crippen LogP contribution < -0.4 is 4.74 Å². The molecule has 5 heteroatoms. The van der Waals surface area contributed by atoms with Gasteiger partial charge in [-0.3, -0.25) is 0 Å². The van der Waals surface area contributed by atoms with Crippen molar-refractivity contribution in [1.29, 1.82) is 0 Å². The first-order valence-electron chi connectivity index (χ1n) is 6.92. The lowest BCUT2D eigenvalue weighted by molar-refractivity contribution is 0.468. The van der Waals surface area contributed by atoms with Crippen LogP contribution in [0.4, 0.5) is 0 Å². The zero-order valence-corrected chi connectivity index (χ0v) is 13.5. The molecule has 0 atom stereocenters. The van der Waals surface area contributed by atoms with E-state index in [1.807, 2.05) is 18.2 Å². The highest BCUT2D eigenvalue weighted by atomic mass is 35.5. The summed E-state index contributed by atoms with van der Waals surface area (Å²) in [7, 11) is 0. The van der Waals surface area contributed by atoms with E-state index in [0.29, 0.717) is 5.88 Å². The van der Waals surface area contributed by atoms with E-state index in [0.717, 1.165) is 28.8 Å². The number of halogens is 1. The van der Waals surface area contributed by atoms with Crippen molar-refractivity contribution < 1.29 is 4.74 Å². The van der Waals surface area contributed by atoms with Crippen LogP contribution in [0.3, 0.4) is 0 Å². The molecule has 0 unspecified atom stereocenters. The van der Waals surface area contributed by atoms with Crippen LogP contribution in [0.15, 0.2) is 30.3 Å². The molecule has 3 aromatic rings. The zero-order chi connectivity index (χ0) is 14.8. The molecule has 0 spiro atoms. The molecular formula is C16H15ClN2OS. The van der Waals surface area contributed by atoms with Gasteiger partial charge in [0.15, 0.2) is 0 Å². The van der Waals surface area contributed by atoms with Crippen LogP contribution >= 0.6 is 22.9 Å². The average Bonchev–Trinajstić information content (AvgIpc) is 2.90. The number of nitrogens with zero attached hydrogens (tertiary/aromatic N) is 2. The van der Waals surface area contributed by atoms with Crippen LogP contribution in [0.1, 0.15) is 24.3 Å². The predicted octanol–water partition coefficient (Wildman–Crippen LogP) is 5.26. The molecule has 0 aliphatic carbocycles. The molecule has 2 heterocycles. The predicted molar refractivity (Wildman–Crippen MR) is 87.7 cm³/mol. The molecule has 1 aromatic carbocycles. The number of hydrogen-bond acceptors (Lipinski definition) is 4. The molecule has 0 aliphatic heterocycles. The monoisotopic (exact) mass is 318 g/mol. The molecule has 0 fully saturated rings. The van der Waals surface area contributed by atoms with Crippen molar-refractivity contribution in [1.82, 2.24) is 9.97 Å². The molecule has 0 bridgehead atoms. The Hall–Kier alpha value is -1.65. The Labute approximate surface area is 132 Å². The standard InChI is InChI=1S/C16H15ClN2OS/c1-3-10-6-5-7-11(8-10)20-14-13-9-12(4-2)21-15(13)19-16(17)18-14/h5-9H,3-4H2,1-2H3. The third-order valence-electron chi connectivity index (χ3n) is 3.25. The maximum absolute atomic E-state index is 6.01. The van der Waals surface area contributed by atoms with Crippen molar-refractivity contribution in [2.45, 2.75) is 26.7 Å². The van der Waals surface area contributed by atoms with Crippen LogP contribution in [-0.2, 0) is 12.8 Å². The van der Waals surface area contributed by atoms with E-state index in [1.54, 1.807) is 11.3 Å². The summed E-state index contributed by atoms with van der Waals surface area (Å²) >= 11 is 7.63. The van der Waals surface area contributed by atoms with Gasteiger partial charge in [-0.15, -0.1) is 11.3 Å². The fraction of sp³-hybridized carbons (Fsp3) is 0.250. The largest absolute Gasteiger partial charge is 0.438 e. The fourth-order valence-corrected chi connectivity index (χ4v) is 3.28. The minimum absolute atomic E-state index is 0.216. The highest BCUT2D eigenvalue weighted by Gasteiger charge is 2.12. The van der Waals surface area contributed by atoms with Crippen LogP contribution in [0.2, 0.25) is 5.28 Å². The van der Waals surface area contributed by atoms with Gasteiger partial charge in [0.25, 0.3) is 0 Å². The van der Waals surface area contributed by atoms with Crippen molar-refractivity contribution in [2.24, 2.45) is 0 Å². The molecule has 3 rings (SSSR count). The molecule has 3 nitrogen and oxygen atoms in total. The third kappa shape index (κ3) is 3.01. The zero-order valence-electron chi connectivity index (χ0n) is 11.9. The SMILES string of the molecule is CCc1cccc(Oc2nc(Cl)nc3sc(CC)cc23)c1. The summed E-state index contributed by atoms with van der Waals surface area (Å²) in [6.45, 7) is 4.23. The first-order chi connectivity index (χ1) is 10.2. The lowest BCUT2D eigenvalue weighted by Crippen LogP contribution is -1.92. The minimum atomic E-state index is 0.216. The molecule has 0 aliphatic rings. The first-order valence-corrected chi connectivity index (χ1v) is 8.11. The van der Waals surface area contributed by atoms with Crippen LogP contribution in [0.5, 0.6) is 11.6 Å². The molecule has 2 aromatic heterocycles. The summed E-state index contributed by atoms with van der Waals surface area (Å²) in [6.07, 6.45) is 1.93. The van der Waals surface area contributed by atoms with Crippen LogP contribution in [-0.4, -0.2) is 9.97 Å². The van der Waals surface area contributed by atoms with E-state index in [4.69, 9.17) is 16.3 Å². The highest BCUT2D eigenvalue weighted by molar-refractivity contribution is 7.18. The van der Waals surface area contributed by atoms with Gasteiger partial charge < -0.3 is 4.74 Å². The number of rotatable bonds is 4. The topological polar surface area (TPSA) is 35.0 Å². The summed E-state index contributed by atoms with van der Waals surface area (Å²) in [4.78, 5) is 10.6. The number of aromatic nitrogens is 2. The Bertz CT molecular complexity index is 785. The minimum Gasteiger partial charge on any atom is -0.438 e. The summed E-state index contributed by atoms with van der Waals surface area (Å²) < 4.78 is 5.94. The number of thiophene rings is 1. The van der Waals surface area contributed by atoms with Gasteiger partial charge in [-0.2, -0.15) is 4.98 Å². The van der Waals surface area contributed by atoms with Crippen molar-refractivity contribution in [3.63, 3.8) is 0 Å². The van der Waals surface area contributed by atoms with E-state index < -0.39 is 0 Å². The summed E-state index contributed by atoms with van der Waals surface area (Å²) in [5.41, 5.74) is 1.23. The van der Waals surface area contributed by atoms with Gasteiger partial charge in [0.2, 0.25) is 11.2 Å². The number of aryl methyl sites for hydroxylation is 2. The quantitative estimate of drug-likeness (QED) is 0.615. The lowest BCUT2D eigenvalue weighted by Gasteiger charge is -2.07. The number of fused-ring (bicyclic) bond motifs is 1. The van der Waals surface area contributed by atoms with Gasteiger partial charge in [0.1, 0.15) is 10.6 Å². The van der Waals surface area contributed by atoms with Crippen molar-refractivity contribution in [3.8, 4) is 11.6 Å². The number of benzene rings is 1. The molecule has 0 saturated carbocycles. The maximum atomic E-state index is 6.01. The molecule has 0 amide bonds. The summed E-state index contributed by atoms with van der Waals surface area (Å²) in [6, 6.07) is 10.1. The second-order valence-electron chi connectivity index (χ2n) is 4.69. The highest BCUT2D eigenvalue weighted by Crippen LogP contribution is 2.34. The second-order valence-corrected chi connectivity index (χ2v) is 6.14. The number of hydrogen-bond donors (Lipinski definition) is 0. The van der Waals surface area contributed by atoms with Crippen molar-refractivity contribution in [3.05, 3.63) is 46.1 Å². The normalized spacial score (nSPS) is 11.0. The molecular weight excluding hydrogens is 304 g/mol. The van der Waals surface area contributed by atoms with Gasteiger partial charge in [0, 0.05) is 4.88 Å². The Morgan fingerprint density at radius 2 is 2.00 bits per heavy atom. The molecule has 108 valence electrons. The Morgan fingerprint density at radius 3 is 2.76 bits per heavy atom. The van der Waals surface area contributed by atoms with E-state index in [9.17, 15) is 0 Å². The van der Waals surface area contributed by atoms with E-state index in [2.05, 4.69) is 35.9 Å². The van der Waals surface area contributed by atoms with Crippen molar-refractivity contribution in [2.75, 3.05) is 0 Å². The van der Waals surface area contributed by atoms with E-state index >= 15 is 0 Å². The molecule has 21 heavy (non-hydrogen) atoms. The van der Waals surface area contributed by atoms with Gasteiger partial charge in [0.05, 0.1) is 5.39 Å². The van der Waals surface area contributed by atoms with Gasteiger partial charge in [-0.25, -0.2) is 4.98 Å². The average molecular weight is 319 g/mol. The summed E-state index contributed by atoms with van der Waals surface area (Å²) in [5, 5.41) is 1.14.